The fourth-order valence-electron chi connectivity index (χ4n) is 5.10. The number of anilines is 1. The Labute approximate surface area is 236 Å². The number of sulfonamides is 1. The van der Waals surface area contributed by atoms with Gasteiger partial charge in [0, 0.05) is 12.6 Å². The lowest BCUT2D eigenvalue weighted by molar-refractivity contribution is -0.140. The van der Waals surface area contributed by atoms with Gasteiger partial charge in [-0.25, -0.2) is 12.8 Å². The maximum Gasteiger partial charge on any atom is 0.264 e. The third kappa shape index (κ3) is 7.27. The van der Waals surface area contributed by atoms with Crippen LogP contribution in [0.1, 0.15) is 51.0 Å². The predicted octanol–water partition coefficient (Wildman–Crippen LogP) is 5.28. The standard InChI is InChI=1S/C31H36FN3O4S/c1-2-29(31(37)33-26-14-8-4-9-15-26)34(22-24-12-6-3-7-13-24)30(36)23-35(27-20-18-25(32)19-21-27)40(38,39)28-16-10-5-11-17-28/h3,5-7,10-13,16-21,26,29H,2,4,8-9,14-15,22-23H2,1H3,(H,33,37)/t29-/m1/s1. The Kier molecular flexibility index (Phi) is 9.93. The van der Waals surface area contributed by atoms with Gasteiger partial charge in [0.1, 0.15) is 18.4 Å². The van der Waals surface area contributed by atoms with E-state index in [2.05, 4.69) is 5.32 Å². The molecule has 7 nitrogen and oxygen atoms in total. The number of carbonyl (C=O) groups excluding carboxylic acids is 2. The minimum absolute atomic E-state index is 0.00353. The van der Waals surface area contributed by atoms with E-state index in [1.165, 1.54) is 29.2 Å². The molecule has 1 N–H and O–H groups in total. The minimum atomic E-state index is -4.18. The number of carbonyl (C=O) groups is 2. The van der Waals surface area contributed by atoms with E-state index in [0.29, 0.717) is 6.42 Å². The molecular formula is C31H36FN3O4S. The first kappa shape index (κ1) is 29.3. The summed E-state index contributed by atoms with van der Waals surface area (Å²) in [6.07, 6.45) is 5.43. The van der Waals surface area contributed by atoms with E-state index in [-0.39, 0.29) is 29.1 Å². The van der Waals surface area contributed by atoms with Gasteiger partial charge in [0.15, 0.2) is 0 Å². The highest BCUT2D eigenvalue weighted by Gasteiger charge is 2.34. The van der Waals surface area contributed by atoms with Crippen molar-refractivity contribution < 1.29 is 22.4 Å². The third-order valence-corrected chi connectivity index (χ3v) is 9.05. The van der Waals surface area contributed by atoms with Crippen molar-refractivity contribution >= 4 is 27.5 Å². The average Bonchev–Trinajstić information content (AvgIpc) is 2.97. The first-order chi connectivity index (χ1) is 19.3. The third-order valence-electron chi connectivity index (χ3n) is 7.26. The van der Waals surface area contributed by atoms with Gasteiger partial charge in [0.25, 0.3) is 10.0 Å². The maximum absolute atomic E-state index is 14.0. The van der Waals surface area contributed by atoms with Crippen LogP contribution in [0, 0.1) is 5.82 Å². The number of nitrogens with one attached hydrogen (secondary N) is 1. The van der Waals surface area contributed by atoms with E-state index in [9.17, 15) is 22.4 Å². The number of nitrogens with zero attached hydrogens (tertiary/aromatic N) is 2. The first-order valence-corrected chi connectivity index (χ1v) is 15.2. The lowest BCUT2D eigenvalue weighted by atomic mass is 9.95. The molecule has 1 aliphatic rings. The van der Waals surface area contributed by atoms with Crippen molar-refractivity contribution in [2.24, 2.45) is 0 Å². The molecule has 2 amide bonds. The van der Waals surface area contributed by atoms with Crippen LogP contribution in [0.4, 0.5) is 10.1 Å². The minimum Gasteiger partial charge on any atom is -0.352 e. The molecule has 0 aliphatic heterocycles. The average molecular weight is 566 g/mol. The molecule has 0 saturated heterocycles. The molecule has 4 rings (SSSR count). The van der Waals surface area contributed by atoms with Crippen molar-refractivity contribution in [1.82, 2.24) is 10.2 Å². The second-order valence-electron chi connectivity index (χ2n) is 10.1. The van der Waals surface area contributed by atoms with Gasteiger partial charge >= 0.3 is 0 Å². The number of halogens is 1. The molecule has 0 heterocycles. The molecule has 0 unspecified atom stereocenters. The lowest BCUT2D eigenvalue weighted by Gasteiger charge is -2.34. The zero-order valence-corrected chi connectivity index (χ0v) is 23.5. The smallest absolute Gasteiger partial charge is 0.264 e. The molecular weight excluding hydrogens is 529 g/mol. The van der Waals surface area contributed by atoms with Crippen molar-refractivity contribution in [2.75, 3.05) is 10.8 Å². The largest absolute Gasteiger partial charge is 0.352 e. The van der Waals surface area contributed by atoms with Crippen LogP contribution in [0.15, 0.2) is 89.8 Å². The fourth-order valence-corrected chi connectivity index (χ4v) is 6.53. The fraction of sp³-hybridized carbons (Fsp3) is 0.355. The summed E-state index contributed by atoms with van der Waals surface area (Å²) < 4.78 is 42.2. The summed E-state index contributed by atoms with van der Waals surface area (Å²) in [6.45, 7) is 1.43. The number of hydrogen-bond acceptors (Lipinski definition) is 4. The number of amides is 2. The Morgan fingerprint density at radius 2 is 1.50 bits per heavy atom. The Balaban J connectivity index is 1.67. The topological polar surface area (TPSA) is 86.8 Å². The van der Waals surface area contributed by atoms with Crippen LogP contribution in [0.3, 0.4) is 0 Å². The summed E-state index contributed by atoms with van der Waals surface area (Å²) in [5, 5.41) is 3.13. The highest BCUT2D eigenvalue weighted by molar-refractivity contribution is 7.92. The Bertz CT molecular complexity index is 1360. The van der Waals surface area contributed by atoms with Gasteiger partial charge in [-0.2, -0.15) is 0 Å². The van der Waals surface area contributed by atoms with Crippen LogP contribution in [0.25, 0.3) is 0 Å². The molecule has 3 aromatic carbocycles. The van der Waals surface area contributed by atoms with Crippen molar-refractivity contribution in [3.05, 3.63) is 96.3 Å². The van der Waals surface area contributed by atoms with Crippen molar-refractivity contribution in [2.45, 2.75) is 69.0 Å². The van der Waals surface area contributed by atoms with Crippen LogP contribution in [-0.2, 0) is 26.2 Å². The molecule has 9 heteroatoms. The quantitative estimate of drug-likeness (QED) is 0.343. The molecule has 40 heavy (non-hydrogen) atoms. The summed E-state index contributed by atoms with van der Waals surface area (Å²) in [4.78, 5) is 29.0. The van der Waals surface area contributed by atoms with E-state index in [0.717, 1.165) is 54.1 Å². The molecule has 1 atom stereocenters. The van der Waals surface area contributed by atoms with Gasteiger partial charge in [0.05, 0.1) is 10.6 Å². The molecule has 1 saturated carbocycles. The van der Waals surface area contributed by atoms with E-state index in [1.54, 1.807) is 18.2 Å². The van der Waals surface area contributed by atoms with Crippen LogP contribution < -0.4 is 9.62 Å². The predicted molar refractivity (Wildman–Crippen MR) is 153 cm³/mol. The van der Waals surface area contributed by atoms with Gasteiger partial charge in [-0.05, 0) is 61.2 Å². The molecule has 1 aliphatic carbocycles. The second kappa shape index (κ2) is 13.6. The Morgan fingerprint density at radius 1 is 0.900 bits per heavy atom. The van der Waals surface area contributed by atoms with Crippen LogP contribution >= 0.6 is 0 Å². The summed E-state index contributed by atoms with van der Waals surface area (Å²) in [7, 11) is -4.18. The Morgan fingerprint density at radius 3 is 2.10 bits per heavy atom. The van der Waals surface area contributed by atoms with Crippen LogP contribution in [-0.4, -0.2) is 43.8 Å². The van der Waals surface area contributed by atoms with E-state index in [1.807, 2.05) is 37.3 Å². The van der Waals surface area contributed by atoms with Crippen molar-refractivity contribution in [3.63, 3.8) is 0 Å². The van der Waals surface area contributed by atoms with Gasteiger partial charge in [-0.1, -0.05) is 74.7 Å². The number of hydrogen-bond donors (Lipinski definition) is 1. The molecule has 0 bridgehead atoms. The Hall–Kier alpha value is -3.72. The van der Waals surface area contributed by atoms with Gasteiger partial charge in [-0.15, -0.1) is 0 Å². The molecule has 1 fully saturated rings. The first-order valence-electron chi connectivity index (χ1n) is 13.8. The lowest BCUT2D eigenvalue weighted by Crippen LogP contribution is -2.54. The van der Waals surface area contributed by atoms with Gasteiger partial charge in [-0.3, -0.25) is 13.9 Å². The summed E-state index contributed by atoms with van der Waals surface area (Å²) >= 11 is 0. The summed E-state index contributed by atoms with van der Waals surface area (Å²) in [5.41, 5.74) is 0.969. The number of rotatable bonds is 11. The summed E-state index contributed by atoms with van der Waals surface area (Å²) in [6, 6.07) is 21.3. The molecule has 3 aromatic rings. The highest BCUT2D eigenvalue weighted by Crippen LogP contribution is 2.25. The summed E-state index contributed by atoms with van der Waals surface area (Å²) in [5.74, 6) is -1.29. The SMILES string of the molecule is CC[C@H](C(=O)NC1CCCCC1)N(Cc1ccccc1)C(=O)CN(c1ccc(F)cc1)S(=O)(=O)c1ccccc1. The van der Waals surface area contributed by atoms with Gasteiger partial charge in [0.2, 0.25) is 11.8 Å². The number of benzene rings is 3. The van der Waals surface area contributed by atoms with E-state index >= 15 is 0 Å². The van der Waals surface area contributed by atoms with E-state index < -0.39 is 34.3 Å². The van der Waals surface area contributed by atoms with Crippen molar-refractivity contribution in [3.8, 4) is 0 Å². The maximum atomic E-state index is 14.0. The van der Waals surface area contributed by atoms with Crippen molar-refractivity contribution in [1.29, 1.82) is 0 Å². The van der Waals surface area contributed by atoms with Gasteiger partial charge < -0.3 is 10.2 Å². The molecule has 0 radical (unpaired) electrons. The normalized spacial score (nSPS) is 14.8. The molecule has 0 aromatic heterocycles. The highest BCUT2D eigenvalue weighted by atomic mass is 32.2. The molecule has 0 spiro atoms. The van der Waals surface area contributed by atoms with Crippen LogP contribution in [0.2, 0.25) is 0 Å². The monoisotopic (exact) mass is 565 g/mol. The zero-order valence-electron chi connectivity index (χ0n) is 22.7. The molecule has 212 valence electrons. The van der Waals surface area contributed by atoms with E-state index in [4.69, 9.17) is 0 Å². The second-order valence-corrected chi connectivity index (χ2v) is 11.9. The van der Waals surface area contributed by atoms with Crippen LogP contribution in [0.5, 0.6) is 0 Å². The zero-order chi connectivity index (χ0) is 28.5.